The zero-order valence-corrected chi connectivity index (χ0v) is 13.4. The van der Waals surface area contributed by atoms with Gasteiger partial charge in [0.1, 0.15) is 5.69 Å². The monoisotopic (exact) mass is 304 g/mol. The van der Waals surface area contributed by atoms with Gasteiger partial charge >= 0.3 is 0 Å². The average molecular weight is 304 g/mol. The van der Waals surface area contributed by atoms with Crippen molar-refractivity contribution in [1.29, 1.82) is 0 Å². The van der Waals surface area contributed by atoms with Crippen LogP contribution in [0.5, 0.6) is 0 Å². The number of nitrogens with zero attached hydrogens (tertiary/aromatic N) is 4. The summed E-state index contributed by atoms with van der Waals surface area (Å²) in [6, 6.07) is 0.135. The van der Waals surface area contributed by atoms with Crippen LogP contribution in [0.1, 0.15) is 59.7 Å². The van der Waals surface area contributed by atoms with Crippen LogP contribution in [0.2, 0.25) is 0 Å². The van der Waals surface area contributed by atoms with Crippen molar-refractivity contribution >= 4 is 17.2 Å². The van der Waals surface area contributed by atoms with Crippen LogP contribution in [-0.4, -0.2) is 32.1 Å². The predicted octanol–water partition coefficient (Wildman–Crippen LogP) is 2.98. The lowest BCUT2D eigenvalue weighted by Gasteiger charge is -2.23. The van der Waals surface area contributed by atoms with Gasteiger partial charge in [0, 0.05) is 36.7 Å². The molecule has 0 unspecified atom stereocenters. The molecular weight excluding hydrogens is 284 g/mol. The number of carbonyl (C=O) groups is 1. The van der Waals surface area contributed by atoms with Gasteiger partial charge in [0.2, 0.25) is 0 Å². The van der Waals surface area contributed by atoms with Crippen LogP contribution < -0.4 is 0 Å². The van der Waals surface area contributed by atoms with E-state index in [2.05, 4.69) is 23.9 Å². The molecule has 2 aromatic rings. The fourth-order valence-corrected chi connectivity index (χ4v) is 3.58. The number of amides is 1. The number of hydrogen-bond donors (Lipinski definition) is 0. The quantitative estimate of drug-likeness (QED) is 0.876. The first-order chi connectivity index (χ1) is 10.1. The Balaban J connectivity index is 1.82. The van der Waals surface area contributed by atoms with Gasteiger partial charge < -0.3 is 4.90 Å². The Labute approximate surface area is 128 Å². The molecule has 6 heteroatoms. The number of hydrogen-bond acceptors (Lipinski definition) is 4. The topological polar surface area (TPSA) is 51.0 Å². The summed E-state index contributed by atoms with van der Waals surface area (Å²) in [5.74, 6) is 0.411. The molecule has 0 N–H and O–H groups in total. The molecule has 1 atom stereocenters. The second-order valence-electron chi connectivity index (χ2n) is 5.83. The van der Waals surface area contributed by atoms with Crippen molar-refractivity contribution in [3.63, 3.8) is 0 Å². The van der Waals surface area contributed by atoms with Crippen LogP contribution in [0.4, 0.5) is 0 Å². The molecule has 3 rings (SSSR count). The second-order valence-corrected chi connectivity index (χ2v) is 6.72. The van der Waals surface area contributed by atoms with Crippen molar-refractivity contribution in [3.05, 3.63) is 34.0 Å². The fourth-order valence-electron chi connectivity index (χ4n) is 2.77. The maximum absolute atomic E-state index is 12.7. The predicted molar refractivity (Wildman–Crippen MR) is 82.4 cm³/mol. The number of likely N-dealkylation sites (tertiary alicyclic amines) is 1. The van der Waals surface area contributed by atoms with E-state index >= 15 is 0 Å². The minimum absolute atomic E-state index is 0.0458. The van der Waals surface area contributed by atoms with Gasteiger partial charge in [-0.15, -0.1) is 11.3 Å². The number of aromatic nitrogens is 3. The number of carbonyl (C=O) groups excluding carboxylic acids is 1. The summed E-state index contributed by atoms with van der Waals surface area (Å²) in [6.45, 7) is 5.00. The lowest BCUT2D eigenvalue weighted by Crippen LogP contribution is -2.30. The standard InChI is InChI=1S/C15H20N4OS/c1-10(2)14-17-12(9-21-14)15(20)19-6-4-5-13(19)11-7-16-18(3)8-11/h7-10,13H,4-6H2,1-3H3/t13-/m1/s1. The highest BCUT2D eigenvalue weighted by molar-refractivity contribution is 7.09. The van der Waals surface area contributed by atoms with Crippen LogP contribution in [0.15, 0.2) is 17.8 Å². The third-order valence-electron chi connectivity index (χ3n) is 3.86. The van der Waals surface area contributed by atoms with E-state index in [0.29, 0.717) is 11.6 Å². The van der Waals surface area contributed by atoms with Gasteiger partial charge in [0.05, 0.1) is 17.2 Å². The zero-order valence-electron chi connectivity index (χ0n) is 12.6. The molecule has 112 valence electrons. The molecule has 0 aliphatic carbocycles. The highest BCUT2D eigenvalue weighted by atomic mass is 32.1. The third kappa shape index (κ3) is 2.72. The summed E-state index contributed by atoms with van der Waals surface area (Å²) in [4.78, 5) is 19.2. The van der Waals surface area contributed by atoms with Gasteiger partial charge in [-0.1, -0.05) is 13.8 Å². The molecule has 1 fully saturated rings. The lowest BCUT2D eigenvalue weighted by molar-refractivity contribution is 0.0730. The minimum atomic E-state index is 0.0458. The van der Waals surface area contributed by atoms with Crippen LogP contribution in [0.3, 0.4) is 0 Å². The van der Waals surface area contributed by atoms with Gasteiger partial charge in [0.25, 0.3) is 5.91 Å². The first-order valence-electron chi connectivity index (χ1n) is 7.31. The Morgan fingerprint density at radius 1 is 1.48 bits per heavy atom. The lowest BCUT2D eigenvalue weighted by atomic mass is 10.1. The van der Waals surface area contributed by atoms with Gasteiger partial charge in [-0.2, -0.15) is 5.10 Å². The van der Waals surface area contributed by atoms with Crippen molar-refractivity contribution in [2.45, 2.75) is 38.6 Å². The van der Waals surface area contributed by atoms with E-state index in [1.54, 1.807) is 16.0 Å². The first-order valence-corrected chi connectivity index (χ1v) is 8.19. The van der Waals surface area contributed by atoms with Crippen molar-refractivity contribution < 1.29 is 4.79 Å². The van der Waals surface area contributed by atoms with E-state index in [1.807, 2.05) is 29.7 Å². The van der Waals surface area contributed by atoms with Crippen molar-refractivity contribution in [2.24, 2.45) is 7.05 Å². The number of thiazole rings is 1. The number of rotatable bonds is 3. The third-order valence-corrected chi connectivity index (χ3v) is 5.00. The molecule has 0 radical (unpaired) electrons. The first kappa shape index (κ1) is 14.3. The SMILES string of the molecule is CC(C)c1nc(C(=O)N2CCC[C@@H]2c2cnn(C)c2)cs1. The molecular formula is C15H20N4OS. The molecule has 0 bridgehead atoms. The Bertz CT molecular complexity index is 646. The Morgan fingerprint density at radius 3 is 2.90 bits per heavy atom. The average Bonchev–Trinajstić information content (AvgIpc) is 3.17. The largest absolute Gasteiger partial charge is 0.330 e. The summed E-state index contributed by atoms with van der Waals surface area (Å²) in [5, 5.41) is 7.13. The summed E-state index contributed by atoms with van der Waals surface area (Å²) in [6.07, 6.45) is 5.89. The molecule has 0 saturated carbocycles. The van der Waals surface area contributed by atoms with Crippen molar-refractivity contribution in [2.75, 3.05) is 6.54 Å². The Kier molecular flexibility index (Phi) is 3.80. The van der Waals surface area contributed by atoms with E-state index in [9.17, 15) is 4.79 Å². The molecule has 3 heterocycles. The number of aryl methyl sites for hydroxylation is 1. The zero-order chi connectivity index (χ0) is 15.0. The van der Waals surface area contributed by atoms with Gasteiger partial charge in [-0.3, -0.25) is 9.48 Å². The highest BCUT2D eigenvalue weighted by Crippen LogP contribution is 2.33. The summed E-state index contributed by atoms with van der Waals surface area (Å²) < 4.78 is 1.79. The Hall–Kier alpha value is -1.69. The van der Waals surface area contributed by atoms with Gasteiger partial charge in [-0.25, -0.2) is 4.98 Å². The molecule has 1 amide bonds. The molecule has 1 saturated heterocycles. The molecule has 0 spiro atoms. The van der Waals surface area contributed by atoms with Crippen LogP contribution in [-0.2, 0) is 7.05 Å². The molecule has 1 aliphatic rings. The molecule has 21 heavy (non-hydrogen) atoms. The maximum atomic E-state index is 12.7. The summed E-state index contributed by atoms with van der Waals surface area (Å²) in [5.41, 5.74) is 1.70. The van der Waals surface area contributed by atoms with Crippen molar-refractivity contribution in [1.82, 2.24) is 19.7 Å². The highest BCUT2D eigenvalue weighted by Gasteiger charge is 2.32. The second kappa shape index (κ2) is 5.60. The Morgan fingerprint density at radius 2 is 2.29 bits per heavy atom. The van der Waals surface area contributed by atoms with E-state index in [0.717, 1.165) is 30.0 Å². The molecule has 0 aromatic carbocycles. The normalized spacial score (nSPS) is 18.7. The molecule has 1 aliphatic heterocycles. The fraction of sp³-hybridized carbons (Fsp3) is 0.533. The van der Waals surface area contributed by atoms with E-state index in [1.165, 1.54) is 0 Å². The van der Waals surface area contributed by atoms with Crippen LogP contribution in [0, 0.1) is 0 Å². The smallest absolute Gasteiger partial charge is 0.273 e. The minimum Gasteiger partial charge on any atom is -0.330 e. The summed E-state index contributed by atoms with van der Waals surface area (Å²) in [7, 11) is 1.90. The van der Waals surface area contributed by atoms with Gasteiger partial charge in [0.15, 0.2) is 0 Å². The molecule has 2 aromatic heterocycles. The van der Waals surface area contributed by atoms with E-state index < -0.39 is 0 Å². The maximum Gasteiger partial charge on any atom is 0.273 e. The van der Waals surface area contributed by atoms with E-state index in [4.69, 9.17) is 0 Å². The van der Waals surface area contributed by atoms with Crippen LogP contribution >= 0.6 is 11.3 Å². The van der Waals surface area contributed by atoms with Crippen LogP contribution in [0.25, 0.3) is 0 Å². The van der Waals surface area contributed by atoms with E-state index in [-0.39, 0.29) is 11.9 Å². The summed E-state index contributed by atoms with van der Waals surface area (Å²) >= 11 is 1.57. The molecule has 5 nitrogen and oxygen atoms in total. The van der Waals surface area contributed by atoms with Gasteiger partial charge in [-0.05, 0) is 12.8 Å². The van der Waals surface area contributed by atoms with Crippen molar-refractivity contribution in [3.8, 4) is 0 Å².